The van der Waals surface area contributed by atoms with Gasteiger partial charge in [-0.25, -0.2) is 4.39 Å². The normalized spacial score (nSPS) is 15.7. The van der Waals surface area contributed by atoms with E-state index in [1.165, 1.54) is 12.1 Å². The fourth-order valence-corrected chi connectivity index (χ4v) is 4.57. The number of aliphatic hydroxyl groups excluding tert-OH is 1. The van der Waals surface area contributed by atoms with Crippen molar-refractivity contribution in [2.75, 3.05) is 31.1 Å². The Morgan fingerprint density at radius 3 is 2.43 bits per heavy atom. The second kappa shape index (κ2) is 13.0. The number of nitrogens with two attached hydrogens (primary N) is 1. The molecule has 3 aromatic rings. The molecule has 1 aliphatic heterocycles. The average Bonchev–Trinajstić information content (AvgIpc) is 3.35. The second-order valence-electron chi connectivity index (χ2n) is 10.3. The largest absolute Gasteiger partial charge is 0.493 e. The molecule has 37 heavy (non-hydrogen) atoms. The first-order valence-electron chi connectivity index (χ1n) is 13.2. The highest BCUT2D eigenvalue weighted by Gasteiger charge is 2.27. The summed E-state index contributed by atoms with van der Waals surface area (Å²) in [4.78, 5) is 9.41. The number of likely N-dealkylation sites (tertiary alicyclic amines) is 1. The lowest BCUT2D eigenvalue weighted by atomic mass is 10.0. The van der Waals surface area contributed by atoms with Crippen LogP contribution in [-0.4, -0.2) is 63.7 Å². The fraction of sp³-hybridized carbons (Fsp3) is 0.500. The van der Waals surface area contributed by atoms with Crippen LogP contribution in [0.1, 0.15) is 50.1 Å². The Kier molecular flexibility index (Phi) is 9.49. The Labute approximate surface area is 218 Å². The molecule has 2 aromatic carbocycles. The summed E-state index contributed by atoms with van der Waals surface area (Å²) in [7, 11) is 0. The summed E-state index contributed by atoms with van der Waals surface area (Å²) in [6, 6.07) is 15.0. The molecule has 0 spiro atoms. The number of nitrogens with zero attached hydrogens (tertiary/aromatic N) is 4. The summed E-state index contributed by atoms with van der Waals surface area (Å²) in [5.41, 5.74) is 7.65. The summed E-state index contributed by atoms with van der Waals surface area (Å²) in [5, 5.41) is 17.1. The maximum atomic E-state index is 13.5. The Balaban J connectivity index is 1.43. The smallest absolute Gasteiger partial charge is 0.245 e. The molecule has 1 atom stereocenters. The summed E-state index contributed by atoms with van der Waals surface area (Å²) < 4.78 is 19.3. The van der Waals surface area contributed by atoms with E-state index in [-0.39, 0.29) is 11.9 Å². The van der Waals surface area contributed by atoms with Gasteiger partial charge in [-0.3, -0.25) is 5.10 Å². The molecule has 4 rings (SSSR count). The second-order valence-corrected chi connectivity index (χ2v) is 10.3. The average molecular weight is 511 g/mol. The van der Waals surface area contributed by atoms with Crippen LogP contribution < -0.4 is 15.4 Å². The highest BCUT2D eigenvalue weighted by atomic mass is 19.1. The zero-order valence-electron chi connectivity index (χ0n) is 21.8. The third-order valence-corrected chi connectivity index (χ3v) is 6.66. The van der Waals surface area contributed by atoms with Gasteiger partial charge in [0.2, 0.25) is 5.95 Å². The predicted molar refractivity (Wildman–Crippen MR) is 143 cm³/mol. The molecule has 1 saturated heterocycles. The summed E-state index contributed by atoms with van der Waals surface area (Å²) in [6.45, 7) is 8.18. The monoisotopic (exact) mass is 510 g/mol. The number of aliphatic hydroxyl groups is 1. The maximum absolute atomic E-state index is 13.5. The maximum Gasteiger partial charge on any atom is 0.245 e. The fourth-order valence-electron chi connectivity index (χ4n) is 4.57. The summed E-state index contributed by atoms with van der Waals surface area (Å²) in [5.74, 6) is 2.56. The lowest BCUT2D eigenvalue weighted by Gasteiger charge is -2.38. The molecule has 0 bridgehead atoms. The van der Waals surface area contributed by atoms with Crippen molar-refractivity contribution in [3.63, 3.8) is 0 Å². The minimum Gasteiger partial charge on any atom is -0.493 e. The number of aromatic amines is 1. The van der Waals surface area contributed by atoms with Crippen molar-refractivity contribution in [1.82, 2.24) is 20.1 Å². The Morgan fingerprint density at radius 1 is 1.11 bits per heavy atom. The van der Waals surface area contributed by atoms with E-state index in [9.17, 15) is 9.50 Å². The molecule has 0 radical (unpaired) electrons. The van der Waals surface area contributed by atoms with Gasteiger partial charge in [0, 0.05) is 38.6 Å². The third-order valence-electron chi connectivity index (χ3n) is 6.66. The number of piperidine rings is 1. The van der Waals surface area contributed by atoms with E-state index in [1.807, 2.05) is 24.3 Å². The number of halogens is 1. The number of rotatable bonds is 12. The van der Waals surface area contributed by atoms with Crippen molar-refractivity contribution >= 4 is 5.95 Å². The van der Waals surface area contributed by atoms with Gasteiger partial charge in [0.25, 0.3) is 0 Å². The van der Waals surface area contributed by atoms with Gasteiger partial charge in [0.05, 0.1) is 6.61 Å². The topological polar surface area (TPSA) is 104 Å². The van der Waals surface area contributed by atoms with E-state index in [4.69, 9.17) is 15.5 Å². The Hall–Kier alpha value is -3.01. The van der Waals surface area contributed by atoms with Gasteiger partial charge in [-0.2, -0.15) is 4.98 Å². The molecule has 4 N–H and O–H groups in total. The van der Waals surface area contributed by atoms with Crippen LogP contribution in [0.3, 0.4) is 0 Å². The lowest BCUT2D eigenvalue weighted by molar-refractivity contribution is 0.133. The van der Waals surface area contributed by atoms with Crippen molar-refractivity contribution in [2.24, 2.45) is 11.7 Å². The Morgan fingerprint density at radius 2 is 1.78 bits per heavy atom. The standard InChI is InChI=1S/C28H39FN6O2/c1-20(2)19-37-25-9-5-21(6-10-25)17-27-31-28(33-32-27)35(18-22-3-7-23(29)8-4-22)24-11-14-34(15-12-24)16-13-26(30)36/h3-10,20,24,26,36H,11-19,30H2,1-2H3,(H,31,32,33). The minimum absolute atomic E-state index is 0.244. The van der Waals surface area contributed by atoms with Crippen LogP contribution in [-0.2, 0) is 13.0 Å². The van der Waals surface area contributed by atoms with E-state index < -0.39 is 6.23 Å². The molecule has 1 aliphatic rings. The van der Waals surface area contributed by atoms with Crippen LogP contribution in [0.2, 0.25) is 0 Å². The van der Waals surface area contributed by atoms with E-state index in [1.54, 1.807) is 0 Å². The van der Waals surface area contributed by atoms with Gasteiger partial charge in [0.1, 0.15) is 23.6 Å². The van der Waals surface area contributed by atoms with Gasteiger partial charge >= 0.3 is 0 Å². The molecule has 0 aliphatic carbocycles. The highest BCUT2D eigenvalue weighted by Crippen LogP contribution is 2.24. The van der Waals surface area contributed by atoms with Crippen molar-refractivity contribution < 1.29 is 14.2 Å². The van der Waals surface area contributed by atoms with Gasteiger partial charge < -0.3 is 25.4 Å². The number of hydrogen-bond donors (Lipinski definition) is 3. The molecule has 1 aromatic heterocycles. The van der Waals surface area contributed by atoms with Crippen molar-refractivity contribution in [3.8, 4) is 5.75 Å². The van der Waals surface area contributed by atoms with Gasteiger partial charge in [-0.05, 0) is 60.6 Å². The zero-order valence-corrected chi connectivity index (χ0v) is 21.8. The summed E-state index contributed by atoms with van der Waals surface area (Å²) >= 11 is 0. The first-order valence-corrected chi connectivity index (χ1v) is 13.2. The molecule has 0 amide bonds. The minimum atomic E-state index is -0.775. The Bertz CT molecular complexity index is 1080. The number of ether oxygens (including phenoxy) is 1. The van der Waals surface area contributed by atoms with Crippen LogP contribution in [0.15, 0.2) is 48.5 Å². The number of hydrogen-bond acceptors (Lipinski definition) is 7. The van der Waals surface area contributed by atoms with Crippen LogP contribution in [0.4, 0.5) is 10.3 Å². The van der Waals surface area contributed by atoms with Gasteiger partial charge in [-0.1, -0.05) is 38.1 Å². The molecule has 200 valence electrons. The molecule has 9 heteroatoms. The summed E-state index contributed by atoms with van der Waals surface area (Å²) in [6.07, 6.45) is 2.33. The number of nitrogens with one attached hydrogen (secondary N) is 1. The number of benzene rings is 2. The zero-order chi connectivity index (χ0) is 26.2. The molecular formula is C28H39FN6O2. The molecular weight excluding hydrogens is 471 g/mol. The molecule has 1 unspecified atom stereocenters. The van der Waals surface area contributed by atoms with Crippen molar-refractivity contribution in [3.05, 3.63) is 71.3 Å². The molecule has 1 fully saturated rings. The van der Waals surface area contributed by atoms with Crippen molar-refractivity contribution in [2.45, 2.75) is 58.3 Å². The van der Waals surface area contributed by atoms with Crippen LogP contribution >= 0.6 is 0 Å². The third kappa shape index (κ3) is 8.24. The van der Waals surface area contributed by atoms with Crippen LogP contribution in [0, 0.1) is 11.7 Å². The van der Waals surface area contributed by atoms with E-state index in [0.29, 0.717) is 37.9 Å². The number of anilines is 1. The molecule has 0 saturated carbocycles. The first kappa shape index (κ1) is 27.0. The molecule has 8 nitrogen and oxygen atoms in total. The SMILES string of the molecule is CC(C)COc1ccc(Cc2nc(N(Cc3ccc(F)cc3)C3CCN(CCC(N)O)CC3)n[nH]2)cc1. The number of aromatic nitrogens is 3. The highest BCUT2D eigenvalue weighted by molar-refractivity contribution is 5.35. The van der Waals surface area contributed by atoms with Crippen LogP contribution in [0.25, 0.3) is 0 Å². The van der Waals surface area contributed by atoms with Gasteiger partial charge in [-0.15, -0.1) is 5.10 Å². The first-order chi connectivity index (χ1) is 17.9. The van der Waals surface area contributed by atoms with Crippen molar-refractivity contribution in [1.29, 1.82) is 0 Å². The molecule has 2 heterocycles. The lowest BCUT2D eigenvalue weighted by Crippen LogP contribution is -2.46. The van der Waals surface area contributed by atoms with E-state index in [0.717, 1.165) is 55.2 Å². The predicted octanol–water partition coefficient (Wildman–Crippen LogP) is 3.71. The van der Waals surface area contributed by atoms with Crippen LogP contribution in [0.5, 0.6) is 5.75 Å². The van der Waals surface area contributed by atoms with E-state index in [2.05, 4.69) is 46.0 Å². The quantitative estimate of drug-likeness (QED) is 0.319. The van der Waals surface area contributed by atoms with Gasteiger partial charge in [0.15, 0.2) is 0 Å². The van der Waals surface area contributed by atoms with E-state index >= 15 is 0 Å². The number of H-pyrrole nitrogens is 1.